The maximum Gasteiger partial charge on any atom is 0.251 e. The van der Waals surface area contributed by atoms with Crippen LogP contribution in [0.5, 0.6) is 0 Å². The van der Waals surface area contributed by atoms with Gasteiger partial charge in [0.25, 0.3) is 5.91 Å². The molecule has 1 aliphatic carbocycles. The molecule has 148 valence electrons. The number of carbonyl (C=O) groups is 2. The average molecular weight is 380 g/mol. The first-order chi connectivity index (χ1) is 13.6. The summed E-state index contributed by atoms with van der Waals surface area (Å²) in [6.45, 7) is 5.87. The summed E-state index contributed by atoms with van der Waals surface area (Å²) in [5.74, 6) is 0.503. The van der Waals surface area contributed by atoms with E-state index in [2.05, 4.69) is 34.6 Å². The van der Waals surface area contributed by atoms with E-state index >= 15 is 0 Å². The molecule has 0 radical (unpaired) electrons. The number of hydrogen-bond acceptors (Lipinski definition) is 3. The van der Waals surface area contributed by atoms with E-state index in [1.54, 1.807) is 18.2 Å². The molecule has 5 nitrogen and oxygen atoms in total. The second-order valence-corrected chi connectivity index (χ2v) is 7.45. The topological polar surface area (TPSA) is 61.4 Å². The second-order valence-electron chi connectivity index (χ2n) is 7.45. The summed E-state index contributed by atoms with van der Waals surface area (Å²) in [7, 11) is 0. The van der Waals surface area contributed by atoms with E-state index in [1.165, 1.54) is 18.4 Å². The molecule has 0 aliphatic heterocycles. The van der Waals surface area contributed by atoms with Crippen molar-refractivity contribution in [2.24, 2.45) is 5.92 Å². The van der Waals surface area contributed by atoms with E-state index in [0.29, 0.717) is 30.3 Å². The molecule has 1 aliphatic rings. The van der Waals surface area contributed by atoms with Crippen LogP contribution in [-0.4, -0.2) is 36.3 Å². The molecule has 2 aromatic rings. The number of benzene rings is 2. The highest BCUT2D eigenvalue weighted by Gasteiger charge is 2.28. The van der Waals surface area contributed by atoms with E-state index in [4.69, 9.17) is 0 Å². The first-order valence-corrected chi connectivity index (χ1v) is 10.0. The van der Waals surface area contributed by atoms with Crippen LogP contribution in [-0.2, 0) is 4.79 Å². The van der Waals surface area contributed by atoms with Gasteiger partial charge in [-0.3, -0.25) is 14.5 Å². The third-order valence-corrected chi connectivity index (χ3v) is 5.11. The number of hydrogen-bond donors (Lipinski definition) is 2. The quantitative estimate of drug-likeness (QED) is 0.696. The number of anilines is 1. The molecule has 0 spiro atoms. The molecule has 5 heteroatoms. The lowest BCUT2D eigenvalue weighted by molar-refractivity contribution is -0.117. The fourth-order valence-electron chi connectivity index (χ4n) is 3.32. The molecule has 0 heterocycles. The fraction of sp³-hybridized carbons (Fsp3) is 0.391. The summed E-state index contributed by atoms with van der Waals surface area (Å²) in [6.07, 6.45) is 2.49. The van der Waals surface area contributed by atoms with Crippen LogP contribution in [0.4, 0.5) is 5.69 Å². The number of amides is 2. The van der Waals surface area contributed by atoms with Gasteiger partial charge in [0.1, 0.15) is 0 Å². The van der Waals surface area contributed by atoms with E-state index in [1.807, 2.05) is 31.2 Å². The lowest BCUT2D eigenvalue weighted by atomic mass is 10.1. The molecule has 0 saturated heterocycles. The SMILES string of the molecule is CCNC(=O)c1cccc(NC(=O)CN(CC2CC2)C(C)c2ccccc2)c1. The van der Waals surface area contributed by atoms with Gasteiger partial charge >= 0.3 is 0 Å². The summed E-state index contributed by atoms with van der Waals surface area (Å²) in [5.41, 5.74) is 2.41. The van der Waals surface area contributed by atoms with Crippen LogP contribution in [0.3, 0.4) is 0 Å². The van der Waals surface area contributed by atoms with Gasteiger partial charge < -0.3 is 10.6 Å². The molecule has 1 atom stereocenters. The summed E-state index contributed by atoms with van der Waals surface area (Å²) in [4.78, 5) is 27.0. The average Bonchev–Trinajstić information content (AvgIpc) is 3.52. The smallest absolute Gasteiger partial charge is 0.251 e. The molecule has 1 fully saturated rings. The van der Waals surface area contributed by atoms with Crippen molar-refractivity contribution < 1.29 is 9.59 Å². The molecule has 1 saturated carbocycles. The van der Waals surface area contributed by atoms with Crippen molar-refractivity contribution in [1.29, 1.82) is 0 Å². The Labute approximate surface area is 167 Å². The Hall–Kier alpha value is -2.66. The maximum absolute atomic E-state index is 12.7. The molecular weight excluding hydrogens is 350 g/mol. The number of carbonyl (C=O) groups excluding carboxylic acids is 2. The molecule has 0 bridgehead atoms. The molecule has 2 amide bonds. The maximum atomic E-state index is 12.7. The van der Waals surface area contributed by atoms with Crippen LogP contribution in [0.15, 0.2) is 54.6 Å². The zero-order chi connectivity index (χ0) is 19.9. The first kappa shape index (κ1) is 20.1. The number of rotatable bonds is 9. The molecule has 0 aromatic heterocycles. The molecule has 2 N–H and O–H groups in total. The van der Waals surface area contributed by atoms with Crippen molar-refractivity contribution in [1.82, 2.24) is 10.2 Å². The largest absolute Gasteiger partial charge is 0.352 e. The Bertz CT molecular complexity index is 803. The van der Waals surface area contributed by atoms with E-state index < -0.39 is 0 Å². The zero-order valence-electron chi connectivity index (χ0n) is 16.7. The first-order valence-electron chi connectivity index (χ1n) is 10.0. The van der Waals surface area contributed by atoms with Crippen molar-refractivity contribution >= 4 is 17.5 Å². The van der Waals surface area contributed by atoms with Gasteiger partial charge in [-0.1, -0.05) is 36.4 Å². The summed E-state index contributed by atoms with van der Waals surface area (Å²) in [6, 6.07) is 17.5. The van der Waals surface area contributed by atoms with Crippen LogP contribution >= 0.6 is 0 Å². The van der Waals surface area contributed by atoms with Gasteiger partial charge in [0.2, 0.25) is 5.91 Å². The van der Waals surface area contributed by atoms with Crippen molar-refractivity contribution in [2.75, 3.05) is 25.0 Å². The normalized spacial score (nSPS) is 14.5. The lowest BCUT2D eigenvalue weighted by Crippen LogP contribution is -2.36. The summed E-state index contributed by atoms with van der Waals surface area (Å²) >= 11 is 0. The minimum Gasteiger partial charge on any atom is -0.352 e. The van der Waals surface area contributed by atoms with Gasteiger partial charge in [-0.2, -0.15) is 0 Å². The van der Waals surface area contributed by atoms with Crippen LogP contribution in [0.2, 0.25) is 0 Å². The standard InChI is InChI=1S/C23H29N3O2/c1-3-24-23(28)20-10-7-11-21(14-20)25-22(27)16-26(15-18-12-13-18)17(2)19-8-5-4-6-9-19/h4-11,14,17-18H,3,12-13,15-16H2,1-2H3,(H,24,28)(H,25,27). The third-order valence-electron chi connectivity index (χ3n) is 5.11. The van der Waals surface area contributed by atoms with Crippen molar-refractivity contribution in [3.05, 3.63) is 65.7 Å². The summed E-state index contributed by atoms with van der Waals surface area (Å²) in [5, 5.41) is 5.73. The van der Waals surface area contributed by atoms with Gasteiger partial charge in [0, 0.05) is 30.4 Å². The van der Waals surface area contributed by atoms with Crippen LogP contribution in [0, 0.1) is 5.92 Å². The van der Waals surface area contributed by atoms with Crippen LogP contribution < -0.4 is 10.6 Å². The van der Waals surface area contributed by atoms with E-state index in [0.717, 1.165) is 6.54 Å². The minimum atomic E-state index is -0.133. The molecule has 1 unspecified atom stereocenters. The molecule has 3 rings (SSSR count). The van der Waals surface area contributed by atoms with Gasteiger partial charge in [-0.15, -0.1) is 0 Å². The third kappa shape index (κ3) is 5.67. The van der Waals surface area contributed by atoms with Gasteiger partial charge in [0.05, 0.1) is 6.54 Å². The van der Waals surface area contributed by atoms with E-state index in [9.17, 15) is 9.59 Å². The van der Waals surface area contributed by atoms with Gasteiger partial charge in [0.15, 0.2) is 0 Å². The molecule has 28 heavy (non-hydrogen) atoms. The number of nitrogens with zero attached hydrogens (tertiary/aromatic N) is 1. The van der Waals surface area contributed by atoms with Crippen molar-refractivity contribution in [3.8, 4) is 0 Å². The highest BCUT2D eigenvalue weighted by molar-refractivity contribution is 5.97. The fourth-order valence-corrected chi connectivity index (χ4v) is 3.32. The Morgan fingerprint density at radius 2 is 1.86 bits per heavy atom. The zero-order valence-corrected chi connectivity index (χ0v) is 16.7. The highest BCUT2D eigenvalue weighted by atomic mass is 16.2. The Morgan fingerprint density at radius 1 is 1.11 bits per heavy atom. The van der Waals surface area contributed by atoms with Crippen LogP contribution in [0.25, 0.3) is 0 Å². The molecular formula is C23H29N3O2. The number of nitrogens with one attached hydrogen (secondary N) is 2. The predicted molar refractivity (Wildman–Crippen MR) is 112 cm³/mol. The predicted octanol–water partition coefficient (Wildman–Crippen LogP) is 3.85. The Balaban J connectivity index is 1.65. The minimum absolute atomic E-state index is 0.0588. The Morgan fingerprint density at radius 3 is 2.54 bits per heavy atom. The monoisotopic (exact) mass is 379 g/mol. The highest BCUT2D eigenvalue weighted by Crippen LogP contribution is 2.32. The molecule has 2 aromatic carbocycles. The van der Waals surface area contributed by atoms with Crippen LogP contribution in [0.1, 0.15) is 48.7 Å². The van der Waals surface area contributed by atoms with Gasteiger partial charge in [-0.25, -0.2) is 0 Å². The Kier molecular flexibility index (Phi) is 6.82. The van der Waals surface area contributed by atoms with Crippen molar-refractivity contribution in [2.45, 2.75) is 32.7 Å². The lowest BCUT2D eigenvalue weighted by Gasteiger charge is -2.29. The van der Waals surface area contributed by atoms with Crippen molar-refractivity contribution in [3.63, 3.8) is 0 Å². The second kappa shape index (κ2) is 9.51. The van der Waals surface area contributed by atoms with Gasteiger partial charge in [-0.05, 0) is 56.4 Å². The summed E-state index contributed by atoms with van der Waals surface area (Å²) < 4.78 is 0. The van der Waals surface area contributed by atoms with E-state index in [-0.39, 0.29) is 17.9 Å².